The van der Waals surface area contributed by atoms with Gasteiger partial charge in [0.05, 0.1) is 18.2 Å². The zero-order chi connectivity index (χ0) is 15.0. The van der Waals surface area contributed by atoms with Crippen LogP contribution in [0.4, 0.5) is 0 Å². The lowest BCUT2D eigenvalue weighted by molar-refractivity contribution is 0.0655. The summed E-state index contributed by atoms with van der Waals surface area (Å²) in [4.78, 5) is 0. The smallest absolute Gasteiger partial charge is 0.129 e. The Morgan fingerprint density at radius 3 is 2.81 bits per heavy atom. The van der Waals surface area contributed by atoms with E-state index in [-0.39, 0.29) is 6.10 Å². The highest BCUT2D eigenvalue weighted by atomic mass is 79.9. The van der Waals surface area contributed by atoms with E-state index in [4.69, 9.17) is 21.1 Å². The van der Waals surface area contributed by atoms with Crippen LogP contribution in [0.3, 0.4) is 0 Å². The molecule has 2 atom stereocenters. The summed E-state index contributed by atoms with van der Waals surface area (Å²) in [6.07, 6.45) is -0.297. The number of hydrogen-bond donors (Lipinski definition) is 1. The molecule has 0 radical (unpaired) electrons. The normalized spacial score (nSPS) is 20.6. The van der Waals surface area contributed by atoms with Crippen molar-refractivity contribution in [2.45, 2.75) is 18.6 Å². The van der Waals surface area contributed by atoms with E-state index in [0.29, 0.717) is 22.9 Å². The fourth-order valence-corrected chi connectivity index (χ4v) is 2.90. The van der Waals surface area contributed by atoms with Crippen LogP contribution < -0.4 is 9.47 Å². The zero-order valence-electron chi connectivity index (χ0n) is 11.3. The SMILES string of the molecule is COc1ccc2c(c1)OC(c1ccc(Br)c(Cl)c1)CC2O. The lowest BCUT2D eigenvalue weighted by atomic mass is 9.95. The van der Waals surface area contributed by atoms with Gasteiger partial charge in [-0.15, -0.1) is 0 Å². The molecule has 0 bridgehead atoms. The number of hydrogen-bond acceptors (Lipinski definition) is 3. The minimum Gasteiger partial charge on any atom is -0.497 e. The second-order valence-electron chi connectivity index (χ2n) is 4.94. The predicted octanol–water partition coefficient (Wildman–Crippen LogP) is 4.67. The Bertz CT molecular complexity index is 675. The molecule has 0 saturated carbocycles. The predicted molar refractivity (Wildman–Crippen MR) is 85.1 cm³/mol. The van der Waals surface area contributed by atoms with E-state index in [9.17, 15) is 5.11 Å². The highest BCUT2D eigenvalue weighted by Crippen LogP contribution is 2.43. The zero-order valence-corrected chi connectivity index (χ0v) is 13.7. The van der Waals surface area contributed by atoms with Gasteiger partial charge >= 0.3 is 0 Å². The van der Waals surface area contributed by atoms with Gasteiger partial charge in [0.25, 0.3) is 0 Å². The van der Waals surface area contributed by atoms with Gasteiger partial charge in [-0.3, -0.25) is 0 Å². The Balaban J connectivity index is 1.94. The van der Waals surface area contributed by atoms with Crippen molar-refractivity contribution in [3.8, 4) is 11.5 Å². The summed E-state index contributed by atoms with van der Waals surface area (Å²) < 4.78 is 12.1. The quantitative estimate of drug-likeness (QED) is 0.836. The van der Waals surface area contributed by atoms with Crippen molar-refractivity contribution in [1.82, 2.24) is 0 Å². The van der Waals surface area contributed by atoms with Crippen LogP contribution in [0.5, 0.6) is 11.5 Å². The Labute approximate surface area is 136 Å². The van der Waals surface area contributed by atoms with Gasteiger partial charge in [0.15, 0.2) is 0 Å². The first-order chi connectivity index (χ1) is 10.1. The van der Waals surface area contributed by atoms with Crippen LogP contribution in [0.25, 0.3) is 0 Å². The third-order valence-corrected chi connectivity index (χ3v) is 4.83. The number of fused-ring (bicyclic) bond motifs is 1. The molecule has 1 aliphatic heterocycles. The van der Waals surface area contributed by atoms with Crippen LogP contribution in [0.2, 0.25) is 5.02 Å². The van der Waals surface area contributed by atoms with E-state index in [1.165, 1.54) is 0 Å². The Morgan fingerprint density at radius 1 is 1.29 bits per heavy atom. The summed E-state index contributed by atoms with van der Waals surface area (Å²) >= 11 is 9.50. The van der Waals surface area contributed by atoms with Crippen LogP contribution in [0, 0.1) is 0 Å². The third kappa shape index (κ3) is 2.89. The van der Waals surface area contributed by atoms with Crippen LogP contribution >= 0.6 is 27.5 Å². The van der Waals surface area contributed by atoms with E-state index in [1.54, 1.807) is 13.2 Å². The molecule has 5 heteroatoms. The molecule has 1 aliphatic rings. The number of methoxy groups -OCH3 is 1. The van der Waals surface area contributed by atoms with E-state index in [1.807, 2.05) is 30.3 Å². The van der Waals surface area contributed by atoms with Crippen molar-refractivity contribution >= 4 is 27.5 Å². The molecule has 110 valence electrons. The van der Waals surface area contributed by atoms with E-state index < -0.39 is 6.10 Å². The fourth-order valence-electron chi connectivity index (χ4n) is 2.47. The van der Waals surface area contributed by atoms with Gasteiger partial charge in [0.1, 0.15) is 17.6 Å². The lowest BCUT2D eigenvalue weighted by Gasteiger charge is -2.30. The van der Waals surface area contributed by atoms with Crippen molar-refractivity contribution in [2.75, 3.05) is 7.11 Å². The maximum absolute atomic E-state index is 10.3. The number of aliphatic hydroxyl groups excluding tert-OH is 1. The van der Waals surface area contributed by atoms with Crippen LogP contribution in [-0.4, -0.2) is 12.2 Å². The van der Waals surface area contributed by atoms with Gasteiger partial charge < -0.3 is 14.6 Å². The molecule has 2 aromatic carbocycles. The van der Waals surface area contributed by atoms with Crippen LogP contribution in [-0.2, 0) is 0 Å². The average Bonchev–Trinajstić information content (AvgIpc) is 2.49. The van der Waals surface area contributed by atoms with Gasteiger partial charge in [0, 0.05) is 22.5 Å². The topological polar surface area (TPSA) is 38.7 Å². The largest absolute Gasteiger partial charge is 0.497 e. The number of rotatable bonds is 2. The molecule has 2 aromatic rings. The van der Waals surface area contributed by atoms with Gasteiger partial charge in [-0.2, -0.15) is 0 Å². The molecule has 0 saturated heterocycles. The average molecular weight is 370 g/mol. The maximum atomic E-state index is 10.3. The number of benzene rings is 2. The fraction of sp³-hybridized carbons (Fsp3) is 0.250. The second kappa shape index (κ2) is 5.87. The van der Waals surface area contributed by atoms with Crippen LogP contribution in [0.1, 0.15) is 29.8 Å². The molecular weight excluding hydrogens is 356 g/mol. The highest BCUT2D eigenvalue weighted by Gasteiger charge is 2.28. The Kier molecular flexibility index (Phi) is 4.11. The molecule has 0 spiro atoms. The molecular formula is C16H14BrClO3. The van der Waals surface area contributed by atoms with Gasteiger partial charge in [-0.05, 0) is 45.8 Å². The molecule has 0 aromatic heterocycles. The molecule has 1 heterocycles. The Hall–Kier alpha value is -1.23. The molecule has 2 unspecified atom stereocenters. The minimum atomic E-state index is -0.563. The third-order valence-electron chi connectivity index (χ3n) is 3.60. The molecule has 21 heavy (non-hydrogen) atoms. The first kappa shape index (κ1) is 14.7. The van der Waals surface area contributed by atoms with Crippen LogP contribution in [0.15, 0.2) is 40.9 Å². The van der Waals surface area contributed by atoms with Gasteiger partial charge in [0.2, 0.25) is 0 Å². The molecule has 0 aliphatic carbocycles. The van der Waals surface area contributed by atoms with Crippen molar-refractivity contribution in [3.63, 3.8) is 0 Å². The first-order valence-electron chi connectivity index (χ1n) is 6.56. The van der Waals surface area contributed by atoms with E-state index >= 15 is 0 Å². The highest BCUT2D eigenvalue weighted by molar-refractivity contribution is 9.10. The molecule has 0 amide bonds. The van der Waals surface area contributed by atoms with Gasteiger partial charge in [-0.1, -0.05) is 17.7 Å². The van der Waals surface area contributed by atoms with Crippen molar-refractivity contribution in [1.29, 1.82) is 0 Å². The molecule has 3 nitrogen and oxygen atoms in total. The second-order valence-corrected chi connectivity index (χ2v) is 6.20. The number of halogens is 2. The summed E-state index contributed by atoms with van der Waals surface area (Å²) in [5.74, 6) is 1.35. The summed E-state index contributed by atoms with van der Waals surface area (Å²) in [6, 6.07) is 11.1. The number of ether oxygens (including phenoxy) is 2. The monoisotopic (exact) mass is 368 g/mol. The summed E-state index contributed by atoms with van der Waals surface area (Å²) in [5.41, 5.74) is 1.73. The number of aliphatic hydroxyl groups is 1. The van der Waals surface area contributed by atoms with Crippen molar-refractivity contribution in [2.24, 2.45) is 0 Å². The summed E-state index contributed by atoms with van der Waals surface area (Å²) in [6.45, 7) is 0. The standard InChI is InChI=1S/C16H14BrClO3/c1-20-10-3-4-11-14(19)8-15(21-16(11)7-10)9-2-5-12(17)13(18)6-9/h2-7,14-15,19H,8H2,1H3. The minimum absolute atomic E-state index is 0.231. The Morgan fingerprint density at radius 2 is 2.10 bits per heavy atom. The lowest BCUT2D eigenvalue weighted by Crippen LogP contribution is -2.19. The molecule has 3 rings (SSSR count). The van der Waals surface area contributed by atoms with Gasteiger partial charge in [-0.25, -0.2) is 0 Å². The van der Waals surface area contributed by atoms with Crippen molar-refractivity contribution in [3.05, 3.63) is 57.0 Å². The maximum Gasteiger partial charge on any atom is 0.129 e. The van der Waals surface area contributed by atoms with E-state index in [0.717, 1.165) is 15.6 Å². The van der Waals surface area contributed by atoms with Crippen molar-refractivity contribution < 1.29 is 14.6 Å². The molecule has 0 fully saturated rings. The summed E-state index contributed by atoms with van der Waals surface area (Å²) in [5, 5.41) is 10.9. The molecule has 1 N–H and O–H groups in total. The summed E-state index contributed by atoms with van der Waals surface area (Å²) in [7, 11) is 1.60. The first-order valence-corrected chi connectivity index (χ1v) is 7.73. The van der Waals surface area contributed by atoms with E-state index in [2.05, 4.69) is 15.9 Å².